The van der Waals surface area contributed by atoms with Gasteiger partial charge >= 0.3 is 6.03 Å². The number of hydrogen-bond acceptors (Lipinski definition) is 3. The molecule has 1 aliphatic heterocycles. The number of nitrogens with one attached hydrogen (secondary N) is 1. The van der Waals surface area contributed by atoms with E-state index in [2.05, 4.69) is 10.3 Å². The molecule has 0 aliphatic carbocycles. The Labute approximate surface area is 125 Å². The van der Waals surface area contributed by atoms with E-state index in [0.29, 0.717) is 38.3 Å². The van der Waals surface area contributed by atoms with Gasteiger partial charge in [0.15, 0.2) is 0 Å². The second-order valence-corrected chi connectivity index (χ2v) is 5.10. The van der Waals surface area contributed by atoms with Gasteiger partial charge in [0.2, 0.25) is 0 Å². The van der Waals surface area contributed by atoms with E-state index in [0.717, 1.165) is 12.8 Å². The highest BCUT2D eigenvalue weighted by Gasteiger charge is 2.22. The molecule has 1 aliphatic rings. The molecule has 2 rings (SSSR count). The number of nitrogens with zero attached hydrogens (tertiary/aromatic N) is 3. The maximum atomic E-state index is 12.4. The van der Waals surface area contributed by atoms with Crippen molar-refractivity contribution < 1.29 is 9.59 Å². The number of carbonyl (C=O) groups is 2. The van der Waals surface area contributed by atoms with Crippen LogP contribution in [0.1, 0.15) is 30.1 Å². The molecule has 1 saturated heterocycles. The van der Waals surface area contributed by atoms with E-state index < -0.39 is 0 Å². The Hall–Kier alpha value is -2.11. The minimum Gasteiger partial charge on any atom is -0.338 e. The van der Waals surface area contributed by atoms with E-state index in [-0.39, 0.29) is 11.9 Å². The number of carbonyl (C=O) groups excluding carboxylic acids is 2. The predicted molar refractivity (Wildman–Crippen MR) is 80.0 cm³/mol. The lowest BCUT2D eigenvalue weighted by Crippen LogP contribution is -2.42. The third-order valence-corrected chi connectivity index (χ3v) is 3.52. The zero-order valence-electron chi connectivity index (χ0n) is 12.4. The van der Waals surface area contributed by atoms with Gasteiger partial charge in [-0.2, -0.15) is 0 Å². The Morgan fingerprint density at radius 1 is 1.14 bits per heavy atom. The van der Waals surface area contributed by atoms with Crippen molar-refractivity contribution in [3.8, 4) is 0 Å². The van der Waals surface area contributed by atoms with Crippen molar-refractivity contribution in [2.75, 3.05) is 32.7 Å². The van der Waals surface area contributed by atoms with E-state index in [9.17, 15) is 9.59 Å². The van der Waals surface area contributed by atoms with Crippen LogP contribution in [-0.4, -0.2) is 59.4 Å². The van der Waals surface area contributed by atoms with Gasteiger partial charge in [-0.1, -0.05) is 6.92 Å². The lowest BCUT2D eigenvalue weighted by Gasteiger charge is -2.22. The van der Waals surface area contributed by atoms with E-state index in [4.69, 9.17) is 0 Å². The number of amides is 3. The van der Waals surface area contributed by atoms with Gasteiger partial charge in [0.05, 0.1) is 0 Å². The van der Waals surface area contributed by atoms with E-state index >= 15 is 0 Å². The average molecular weight is 290 g/mol. The molecule has 0 aromatic carbocycles. The van der Waals surface area contributed by atoms with Crippen LogP contribution < -0.4 is 5.32 Å². The monoisotopic (exact) mass is 290 g/mol. The number of rotatable bonds is 3. The summed E-state index contributed by atoms with van der Waals surface area (Å²) in [6.07, 6.45) is 4.97. The first-order valence-electron chi connectivity index (χ1n) is 7.44. The molecular formula is C15H22N4O2. The summed E-state index contributed by atoms with van der Waals surface area (Å²) in [5.74, 6) is 0.00761. The summed E-state index contributed by atoms with van der Waals surface area (Å²) in [6.45, 7) is 5.23. The van der Waals surface area contributed by atoms with Gasteiger partial charge in [-0.3, -0.25) is 9.78 Å². The van der Waals surface area contributed by atoms with Crippen LogP contribution in [-0.2, 0) is 0 Å². The van der Waals surface area contributed by atoms with Crippen LogP contribution in [0, 0.1) is 0 Å². The number of hydrogen-bond donors (Lipinski definition) is 1. The molecule has 0 unspecified atom stereocenters. The number of pyridine rings is 1. The Morgan fingerprint density at radius 3 is 2.52 bits per heavy atom. The van der Waals surface area contributed by atoms with Crippen molar-refractivity contribution in [2.24, 2.45) is 0 Å². The van der Waals surface area contributed by atoms with Crippen LogP contribution in [0.2, 0.25) is 0 Å². The third kappa shape index (κ3) is 4.18. The summed E-state index contributed by atoms with van der Waals surface area (Å²) in [4.78, 5) is 31.9. The van der Waals surface area contributed by atoms with Gasteiger partial charge in [0, 0.05) is 50.7 Å². The molecule has 3 amide bonds. The minimum atomic E-state index is -0.0324. The lowest BCUT2D eigenvalue weighted by molar-refractivity contribution is 0.0762. The molecule has 1 N–H and O–H groups in total. The molecule has 114 valence electrons. The molecule has 0 radical (unpaired) electrons. The largest absolute Gasteiger partial charge is 0.338 e. The minimum absolute atomic E-state index is 0.00761. The van der Waals surface area contributed by atoms with Gasteiger partial charge in [-0.25, -0.2) is 4.79 Å². The van der Waals surface area contributed by atoms with Gasteiger partial charge in [-0.05, 0) is 25.0 Å². The van der Waals surface area contributed by atoms with Crippen LogP contribution in [0.15, 0.2) is 24.5 Å². The van der Waals surface area contributed by atoms with E-state index in [1.54, 1.807) is 29.4 Å². The van der Waals surface area contributed by atoms with Crippen LogP contribution >= 0.6 is 0 Å². The molecular weight excluding hydrogens is 268 g/mol. The molecule has 1 aromatic heterocycles. The lowest BCUT2D eigenvalue weighted by atomic mass is 10.2. The molecule has 6 nitrogen and oxygen atoms in total. The van der Waals surface area contributed by atoms with Crippen molar-refractivity contribution in [1.29, 1.82) is 0 Å². The zero-order valence-corrected chi connectivity index (χ0v) is 12.4. The van der Waals surface area contributed by atoms with Gasteiger partial charge in [-0.15, -0.1) is 0 Å². The smallest absolute Gasteiger partial charge is 0.317 e. The summed E-state index contributed by atoms with van der Waals surface area (Å²) in [5.41, 5.74) is 0.647. The highest BCUT2D eigenvalue weighted by molar-refractivity contribution is 5.94. The fourth-order valence-corrected chi connectivity index (χ4v) is 2.34. The SMILES string of the molecule is CCCNC(=O)N1CCCN(C(=O)c2ccncc2)CC1. The summed E-state index contributed by atoms with van der Waals surface area (Å²) in [6, 6.07) is 3.41. The van der Waals surface area contributed by atoms with Crippen LogP contribution in [0.5, 0.6) is 0 Å². The maximum Gasteiger partial charge on any atom is 0.317 e. The first-order chi connectivity index (χ1) is 10.2. The van der Waals surface area contributed by atoms with E-state index in [1.807, 2.05) is 11.8 Å². The molecule has 0 spiro atoms. The van der Waals surface area contributed by atoms with Crippen molar-refractivity contribution in [1.82, 2.24) is 20.1 Å². The van der Waals surface area contributed by atoms with E-state index in [1.165, 1.54) is 0 Å². The Morgan fingerprint density at radius 2 is 1.81 bits per heavy atom. The topological polar surface area (TPSA) is 65.5 Å². The fraction of sp³-hybridized carbons (Fsp3) is 0.533. The Balaban J connectivity index is 1.91. The Bertz CT molecular complexity index is 478. The molecule has 2 heterocycles. The summed E-state index contributed by atoms with van der Waals surface area (Å²) >= 11 is 0. The molecule has 1 aromatic rings. The second-order valence-electron chi connectivity index (χ2n) is 5.10. The second kappa shape index (κ2) is 7.61. The van der Waals surface area contributed by atoms with Crippen molar-refractivity contribution in [3.05, 3.63) is 30.1 Å². The molecule has 0 atom stereocenters. The van der Waals surface area contributed by atoms with Crippen molar-refractivity contribution in [2.45, 2.75) is 19.8 Å². The molecule has 6 heteroatoms. The van der Waals surface area contributed by atoms with Crippen LogP contribution in [0.4, 0.5) is 4.79 Å². The summed E-state index contributed by atoms with van der Waals surface area (Å²) < 4.78 is 0. The van der Waals surface area contributed by atoms with Crippen LogP contribution in [0.25, 0.3) is 0 Å². The average Bonchev–Trinajstić information content (AvgIpc) is 2.79. The Kier molecular flexibility index (Phi) is 5.54. The molecule has 21 heavy (non-hydrogen) atoms. The zero-order chi connectivity index (χ0) is 15.1. The van der Waals surface area contributed by atoms with Gasteiger partial charge in [0.1, 0.15) is 0 Å². The van der Waals surface area contributed by atoms with Crippen molar-refractivity contribution in [3.63, 3.8) is 0 Å². The third-order valence-electron chi connectivity index (χ3n) is 3.52. The quantitative estimate of drug-likeness (QED) is 0.914. The predicted octanol–water partition coefficient (Wildman–Crippen LogP) is 1.35. The maximum absolute atomic E-state index is 12.4. The normalized spacial score (nSPS) is 15.5. The molecule has 0 saturated carbocycles. The first-order valence-corrected chi connectivity index (χ1v) is 7.44. The number of urea groups is 1. The summed E-state index contributed by atoms with van der Waals surface area (Å²) in [7, 11) is 0. The first kappa shape index (κ1) is 15.3. The number of aromatic nitrogens is 1. The van der Waals surface area contributed by atoms with Gasteiger partial charge < -0.3 is 15.1 Å². The standard InChI is InChI=1S/C15H22N4O2/c1-2-6-17-15(21)19-10-3-9-18(11-12-19)14(20)13-4-7-16-8-5-13/h4-5,7-8H,2-3,6,9-12H2,1H3,(H,17,21). The fourth-order valence-electron chi connectivity index (χ4n) is 2.34. The highest BCUT2D eigenvalue weighted by atomic mass is 16.2. The summed E-state index contributed by atoms with van der Waals surface area (Å²) in [5, 5.41) is 2.88. The molecule has 0 bridgehead atoms. The van der Waals surface area contributed by atoms with Crippen LogP contribution in [0.3, 0.4) is 0 Å². The van der Waals surface area contributed by atoms with Crippen molar-refractivity contribution >= 4 is 11.9 Å². The van der Waals surface area contributed by atoms with Gasteiger partial charge in [0.25, 0.3) is 5.91 Å². The molecule has 1 fully saturated rings. The highest BCUT2D eigenvalue weighted by Crippen LogP contribution is 2.08.